The first kappa shape index (κ1) is 137. The molecule has 0 bridgehead atoms. The molecule has 0 aliphatic carbocycles. The van der Waals surface area contributed by atoms with E-state index in [-0.39, 0.29) is 128 Å². The molecule has 0 heterocycles. The number of hydrogen-bond donors (Lipinski definition) is 0. The molecule has 0 nitrogen and oxygen atoms in total. The van der Waals surface area contributed by atoms with Gasteiger partial charge in [0.25, 0.3) is 0 Å². The van der Waals surface area contributed by atoms with Crippen molar-refractivity contribution in [1.29, 1.82) is 0 Å². The van der Waals surface area contributed by atoms with Gasteiger partial charge in [0.2, 0.25) is 0 Å². The summed E-state index contributed by atoms with van der Waals surface area (Å²) in [6.07, 6.45) is 0. The molecule has 60 valence electrons. The monoisotopic (exact) mass is 342 g/mol. The summed E-state index contributed by atoms with van der Waals surface area (Å²) in [7, 11) is 0. The molecule has 0 rings (SSSR count). The van der Waals surface area contributed by atoms with Gasteiger partial charge in [0.1, 0.15) is 0 Å². The van der Waals surface area contributed by atoms with E-state index in [0.717, 1.165) is 0 Å². The van der Waals surface area contributed by atoms with Gasteiger partial charge in [-0.1, -0.05) is 0 Å². The van der Waals surface area contributed by atoms with Crippen LogP contribution in [-0.4, -0.2) is 0 Å². The molecule has 0 amide bonds. The molecule has 16 radical (unpaired) electrons. The van der Waals surface area contributed by atoms with E-state index in [1.165, 1.54) is 0 Å². The van der Waals surface area contributed by atoms with Crippen molar-refractivity contribution < 1.29 is 33.6 Å². The SMILES string of the molecule is [Co].[Co].[S].[S].[S].[S].[S].[S].[S]. The van der Waals surface area contributed by atoms with Gasteiger partial charge in [-0.25, -0.2) is 0 Å². The van der Waals surface area contributed by atoms with Gasteiger partial charge in [0, 0.05) is 128 Å². The zero-order valence-electron chi connectivity index (χ0n) is 3.52. The second kappa shape index (κ2) is 105. The van der Waals surface area contributed by atoms with E-state index in [1.54, 1.807) is 0 Å². The van der Waals surface area contributed by atoms with Crippen molar-refractivity contribution in [3.8, 4) is 0 Å². The predicted octanol–water partition coefficient (Wildman–Crippen LogP) is 4.53. The molecule has 0 atom stereocenters. The minimum atomic E-state index is 0. The molecule has 0 aliphatic heterocycles. The van der Waals surface area contributed by atoms with Crippen molar-refractivity contribution >= 4 is 94.5 Å². The third-order valence-electron chi connectivity index (χ3n) is 0. The van der Waals surface area contributed by atoms with Gasteiger partial charge in [0.15, 0.2) is 0 Å². The van der Waals surface area contributed by atoms with Gasteiger partial charge in [-0.2, -0.15) is 0 Å². The molecule has 0 saturated heterocycles. The van der Waals surface area contributed by atoms with Gasteiger partial charge in [-0.3, -0.25) is 0 Å². The Morgan fingerprint density at radius 1 is 0.222 bits per heavy atom. The van der Waals surface area contributed by atoms with Gasteiger partial charge >= 0.3 is 0 Å². The molecule has 0 aliphatic rings. The van der Waals surface area contributed by atoms with Crippen LogP contribution < -0.4 is 0 Å². The summed E-state index contributed by atoms with van der Waals surface area (Å²) in [5.74, 6) is 0. The second-order valence-electron chi connectivity index (χ2n) is 0. The van der Waals surface area contributed by atoms with Crippen molar-refractivity contribution in [3.05, 3.63) is 0 Å². The molecule has 9 heavy (non-hydrogen) atoms. The van der Waals surface area contributed by atoms with Gasteiger partial charge < -0.3 is 0 Å². The molecule has 0 aromatic carbocycles. The van der Waals surface area contributed by atoms with E-state index < -0.39 is 0 Å². The molecule has 0 unspecified atom stereocenters. The minimum Gasteiger partial charge on any atom is 0 e. The Morgan fingerprint density at radius 3 is 0.222 bits per heavy atom. The maximum atomic E-state index is 0. The second-order valence-corrected chi connectivity index (χ2v) is 0. The van der Waals surface area contributed by atoms with Crippen LogP contribution in [0, 0.1) is 0 Å². The van der Waals surface area contributed by atoms with Crippen molar-refractivity contribution in [2.45, 2.75) is 0 Å². The van der Waals surface area contributed by atoms with E-state index in [0.29, 0.717) is 0 Å². The molecular weight excluding hydrogens is 342 g/mol. The van der Waals surface area contributed by atoms with Crippen LogP contribution in [0.2, 0.25) is 0 Å². The fourth-order valence-electron chi connectivity index (χ4n) is 0. The third kappa shape index (κ3) is 85.6. The molecular formula is Co2S7. The smallest absolute Gasteiger partial charge is 0 e. The Kier molecular flexibility index (Phi) is 1590. The summed E-state index contributed by atoms with van der Waals surface area (Å²) < 4.78 is 0. The van der Waals surface area contributed by atoms with Crippen LogP contribution in [0.4, 0.5) is 0 Å². The van der Waals surface area contributed by atoms with Crippen LogP contribution in [0.15, 0.2) is 0 Å². The summed E-state index contributed by atoms with van der Waals surface area (Å²) in [5.41, 5.74) is 0. The molecule has 0 spiro atoms. The zero-order valence-corrected chi connectivity index (χ0v) is 11.3. The van der Waals surface area contributed by atoms with E-state index >= 15 is 0 Å². The summed E-state index contributed by atoms with van der Waals surface area (Å²) in [6, 6.07) is 0. The maximum Gasteiger partial charge on any atom is 0 e. The molecule has 9 heteroatoms. The van der Waals surface area contributed by atoms with Crippen LogP contribution in [0.5, 0.6) is 0 Å². The molecule has 0 N–H and O–H groups in total. The van der Waals surface area contributed by atoms with Crippen molar-refractivity contribution in [2.24, 2.45) is 0 Å². The normalized spacial score (nSPS) is 0. The standard InChI is InChI=1S/2Co.7S. The Morgan fingerprint density at radius 2 is 0.222 bits per heavy atom. The van der Waals surface area contributed by atoms with Crippen molar-refractivity contribution in [2.75, 3.05) is 0 Å². The largest absolute Gasteiger partial charge is 0 e. The average Bonchev–Trinajstić information content (AvgIpc) is 0. The third-order valence-corrected chi connectivity index (χ3v) is 0. The summed E-state index contributed by atoms with van der Waals surface area (Å²) >= 11 is 0. The number of rotatable bonds is 0. The maximum absolute atomic E-state index is 0. The summed E-state index contributed by atoms with van der Waals surface area (Å²) in [6.45, 7) is 0. The van der Waals surface area contributed by atoms with Crippen LogP contribution >= 0.6 is 94.5 Å². The van der Waals surface area contributed by atoms with Gasteiger partial charge in [-0.05, 0) is 0 Å². The molecule has 0 aromatic heterocycles. The van der Waals surface area contributed by atoms with Crippen LogP contribution in [-0.2, 0) is 33.6 Å². The van der Waals surface area contributed by atoms with Crippen molar-refractivity contribution in [3.63, 3.8) is 0 Å². The Labute approximate surface area is 126 Å². The first-order chi connectivity index (χ1) is 0. The fourth-order valence-corrected chi connectivity index (χ4v) is 0. The van der Waals surface area contributed by atoms with Crippen LogP contribution in [0.1, 0.15) is 0 Å². The minimum absolute atomic E-state index is 0. The van der Waals surface area contributed by atoms with Crippen molar-refractivity contribution in [1.82, 2.24) is 0 Å². The summed E-state index contributed by atoms with van der Waals surface area (Å²) in [5, 5.41) is 0. The van der Waals surface area contributed by atoms with E-state index in [4.69, 9.17) is 0 Å². The van der Waals surface area contributed by atoms with E-state index in [9.17, 15) is 0 Å². The van der Waals surface area contributed by atoms with E-state index in [1.807, 2.05) is 0 Å². The summed E-state index contributed by atoms with van der Waals surface area (Å²) in [4.78, 5) is 0. The predicted molar refractivity (Wildman–Crippen MR) is 53.1 cm³/mol. The topological polar surface area (TPSA) is 0 Å². The number of hydrogen-bond acceptors (Lipinski definition) is 0. The first-order valence-electron chi connectivity index (χ1n) is 0. The quantitative estimate of drug-likeness (QED) is 0.607. The van der Waals surface area contributed by atoms with Gasteiger partial charge in [-0.15, -0.1) is 0 Å². The fraction of sp³-hybridized carbons (Fsp3) is 0. The Hall–Kier alpha value is 3.46. The Bertz CT molecular complexity index is 6.88. The van der Waals surface area contributed by atoms with E-state index in [2.05, 4.69) is 0 Å². The van der Waals surface area contributed by atoms with Crippen LogP contribution in [0.3, 0.4) is 0 Å². The zero-order chi connectivity index (χ0) is 0. The molecule has 0 fully saturated rings. The van der Waals surface area contributed by atoms with Crippen LogP contribution in [0.25, 0.3) is 0 Å². The van der Waals surface area contributed by atoms with Gasteiger partial charge in [0.05, 0.1) is 0 Å². The first-order valence-corrected chi connectivity index (χ1v) is 0. The molecule has 0 saturated carbocycles. The molecule has 0 aromatic rings. The Balaban J connectivity index is 0. The average molecular weight is 342 g/mol.